The number of methoxy groups -OCH3 is 1. The van der Waals surface area contributed by atoms with Gasteiger partial charge in [-0.25, -0.2) is 0 Å². The van der Waals surface area contributed by atoms with E-state index in [1.165, 1.54) is 5.56 Å². The van der Waals surface area contributed by atoms with Crippen molar-refractivity contribution in [3.63, 3.8) is 0 Å². The van der Waals surface area contributed by atoms with Gasteiger partial charge in [0, 0.05) is 37.9 Å². The van der Waals surface area contributed by atoms with Gasteiger partial charge in [-0.2, -0.15) is 0 Å². The van der Waals surface area contributed by atoms with Crippen molar-refractivity contribution in [2.75, 3.05) is 40.1 Å². The molecular weight excluding hydrogens is 380 g/mol. The minimum absolute atomic E-state index is 0.00537. The molecule has 1 saturated heterocycles. The van der Waals surface area contributed by atoms with Crippen molar-refractivity contribution in [2.45, 2.75) is 37.9 Å². The molecule has 30 heavy (non-hydrogen) atoms. The van der Waals surface area contributed by atoms with Gasteiger partial charge in [-0.15, -0.1) is 0 Å². The first-order chi connectivity index (χ1) is 14.7. The number of benzene rings is 2. The molecule has 6 heteroatoms. The van der Waals surface area contributed by atoms with E-state index in [1.807, 2.05) is 12.1 Å². The van der Waals surface area contributed by atoms with E-state index >= 15 is 0 Å². The zero-order valence-corrected chi connectivity index (χ0v) is 17.9. The molecule has 0 aliphatic carbocycles. The number of hydrogen-bond acceptors (Lipinski definition) is 6. The zero-order valence-electron chi connectivity index (χ0n) is 17.9. The first-order valence-electron chi connectivity index (χ1n) is 10.8. The summed E-state index contributed by atoms with van der Waals surface area (Å²) in [6.45, 7) is 6.52. The first-order valence-corrected chi connectivity index (χ1v) is 10.8. The molecule has 1 fully saturated rings. The van der Waals surface area contributed by atoms with Crippen molar-refractivity contribution < 1.29 is 18.9 Å². The third-order valence-corrected chi connectivity index (χ3v) is 5.95. The molecule has 1 atom stereocenters. The Morgan fingerprint density at radius 3 is 2.57 bits per heavy atom. The molecule has 0 saturated carbocycles. The summed E-state index contributed by atoms with van der Waals surface area (Å²) in [5.41, 5.74) is 2.43. The number of fused-ring (bicyclic) bond motifs is 1. The molecule has 0 aromatic heterocycles. The van der Waals surface area contributed by atoms with Crippen molar-refractivity contribution >= 4 is 0 Å². The lowest BCUT2D eigenvalue weighted by Gasteiger charge is -2.41. The number of ether oxygens (including phenoxy) is 4. The largest absolute Gasteiger partial charge is 0.493 e. The van der Waals surface area contributed by atoms with Crippen LogP contribution in [-0.4, -0.2) is 45.6 Å². The van der Waals surface area contributed by atoms with Crippen LogP contribution in [0.15, 0.2) is 42.5 Å². The van der Waals surface area contributed by atoms with Gasteiger partial charge in [-0.05, 0) is 43.0 Å². The maximum absolute atomic E-state index is 5.76. The summed E-state index contributed by atoms with van der Waals surface area (Å²) < 4.78 is 22.6. The van der Waals surface area contributed by atoms with E-state index in [1.54, 1.807) is 7.11 Å². The highest BCUT2D eigenvalue weighted by molar-refractivity contribution is 5.54. The van der Waals surface area contributed by atoms with E-state index in [0.717, 1.165) is 56.2 Å². The van der Waals surface area contributed by atoms with Crippen LogP contribution < -0.4 is 24.8 Å². The summed E-state index contributed by atoms with van der Waals surface area (Å²) in [5, 5.41) is 7.55. The van der Waals surface area contributed by atoms with Crippen molar-refractivity contribution in [1.82, 2.24) is 10.6 Å². The van der Waals surface area contributed by atoms with E-state index in [9.17, 15) is 0 Å². The van der Waals surface area contributed by atoms with Crippen molar-refractivity contribution in [3.8, 4) is 17.2 Å². The molecule has 2 aliphatic rings. The summed E-state index contributed by atoms with van der Waals surface area (Å²) in [5.74, 6) is 2.18. The summed E-state index contributed by atoms with van der Waals surface area (Å²) in [6, 6.07) is 15.0. The Hall–Kier alpha value is -2.28. The van der Waals surface area contributed by atoms with Gasteiger partial charge in [0.2, 0.25) is 5.75 Å². The number of rotatable bonds is 8. The summed E-state index contributed by atoms with van der Waals surface area (Å²) in [4.78, 5) is 0. The van der Waals surface area contributed by atoms with Gasteiger partial charge < -0.3 is 29.6 Å². The van der Waals surface area contributed by atoms with Gasteiger partial charge in [0.25, 0.3) is 0 Å². The van der Waals surface area contributed by atoms with Gasteiger partial charge in [0.05, 0.1) is 7.11 Å². The Balaban J connectivity index is 1.42. The molecular formula is C24H32N2O4. The second-order valence-corrected chi connectivity index (χ2v) is 8.10. The molecule has 6 nitrogen and oxygen atoms in total. The normalized spacial score (nSPS) is 18.6. The molecule has 2 aliphatic heterocycles. The quantitative estimate of drug-likeness (QED) is 0.693. The number of hydrogen-bond donors (Lipinski definition) is 2. The van der Waals surface area contributed by atoms with Crippen LogP contribution in [0.4, 0.5) is 0 Å². The molecule has 2 N–H and O–H groups in total. The Kier molecular flexibility index (Phi) is 6.77. The average Bonchev–Trinajstić information content (AvgIpc) is 2.79. The van der Waals surface area contributed by atoms with Crippen LogP contribution in [0.5, 0.6) is 17.2 Å². The Morgan fingerprint density at radius 2 is 1.80 bits per heavy atom. The Bertz CT molecular complexity index is 804. The fourth-order valence-corrected chi connectivity index (χ4v) is 4.29. The second-order valence-electron chi connectivity index (χ2n) is 8.10. The minimum atomic E-state index is 0.00537. The SMILES string of the molecule is COc1cc(CNCC2(N[C@H](C)c3ccccc3)CCOCC2)cc2c1OCCO2. The molecule has 0 radical (unpaired) electrons. The predicted octanol–water partition coefficient (Wildman–Crippen LogP) is 3.46. The lowest BCUT2D eigenvalue weighted by atomic mass is 9.88. The smallest absolute Gasteiger partial charge is 0.203 e. The topological polar surface area (TPSA) is 61.0 Å². The fourth-order valence-electron chi connectivity index (χ4n) is 4.29. The lowest BCUT2D eigenvalue weighted by Crippen LogP contribution is -2.56. The molecule has 0 spiro atoms. The second kappa shape index (κ2) is 9.69. The molecule has 0 amide bonds. The highest BCUT2D eigenvalue weighted by Gasteiger charge is 2.33. The highest BCUT2D eigenvalue weighted by Crippen LogP contribution is 2.40. The van der Waals surface area contributed by atoms with Gasteiger partial charge in [0.1, 0.15) is 13.2 Å². The molecule has 4 rings (SSSR count). The van der Waals surface area contributed by atoms with E-state index in [4.69, 9.17) is 18.9 Å². The third kappa shape index (κ3) is 4.89. The van der Waals surface area contributed by atoms with Crippen LogP contribution in [0.1, 0.15) is 36.9 Å². The zero-order chi connectivity index (χ0) is 20.8. The van der Waals surface area contributed by atoms with E-state index < -0.39 is 0 Å². The van der Waals surface area contributed by atoms with Gasteiger partial charge in [0.15, 0.2) is 11.5 Å². The summed E-state index contributed by atoms with van der Waals surface area (Å²) >= 11 is 0. The molecule has 2 heterocycles. The molecule has 0 unspecified atom stereocenters. The highest BCUT2D eigenvalue weighted by atomic mass is 16.6. The fraction of sp³-hybridized carbons (Fsp3) is 0.500. The molecule has 2 aromatic carbocycles. The van der Waals surface area contributed by atoms with Crippen LogP contribution >= 0.6 is 0 Å². The minimum Gasteiger partial charge on any atom is -0.493 e. The van der Waals surface area contributed by atoms with Crippen molar-refractivity contribution in [3.05, 3.63) is 53.6 Å². The van der Waals surface area contributed by atoms with Crippen LogP contribution in [0.3, 0.4) is 0 Å². The standard InChI is InChI=1S/C24H32N2O4/c1-18(20-6-4-3-5-7-20)26-24(8-10-28-11-9-24)17-25-16-19-14-21(27-2)23-22(15-19)29-12-13-30-23/h3-7,14-15,18,25-26H,8-13,16-17H2,1-2H3/t18-/m1/s1. The van der Waals surface area contributed by atoms with Gasteiger partial charge >= 0.3 is 0 Å². The Morgan fingerprint density at radius 1 is 1.03 bits per heavy atom. The third-order valence-electron chi connectivity index (χ3n) is 5.95. The summed E-state index contributed by atoms with van der Waals surface area (Å²) in [6.07, 6.45) is 1.98. The first kappa shape index (κ1) is 21.0. The van der Waals surface area contributed by atoms with Crippen LogP contribution in [0.2, 0.25) is 0 Å². The Labute approximate surface area is 178 Å². The molecule has 2 aromatic rings. The maximum Gasteiger partial charge on any atom is 0.203 e. The van der Waals surface area contributed by atoms with Gasteiger partial charge in [-0.1, -0.05) is 30.3 Å². The van der Waals surface area contributed by atoms with E-state index in [2.05, 4.69) is 47.9 Å². The molecule has 162 valence electrons. The summed E-state index contributed by atoms with van der Waals surface area (Å²) in [7, 11) is 1.66. The molecule has 0 bridgehead atoms. The van der Waals surface area contributed by atoms with Crippen molar-refractivity contribution in [1.29, 1.82) is 0 Å². The average molecular weight is 413 g/mol. The maximum atomic E-state index is 5.76. The number of nitrogens with one attached hydrogen (secondary N) is 2. The lowest BCUT2D eigenvalue weighted by molar-refractivity contribution is 0.0337. The van der Waals surface area contributed by atoms with Crippen molar-refractivity contribution in [2.24, 2.45) is 0 Å². The van der Waals surface area contributed by atoms with Gasteiger partial charge in [-0.3, -0.25) is 0 Å². The van der Waals surface area contributed by atoms with Crippen LogP contribution in [0.25, 0.3) is 0 Å². The van der Waals surface area contributed by atoms with E-state index in [-0.39, 0.29) is 11.6 Å². The van der Waals surface area contributed by atoms with Crippen LogP contribution in [0, 0.1) is 0 Å². The monoisotopic (exact) mass is 412 g/mol. The predicted molar refractivity (Wildman–Crippen MR) is 116 cm³/mol. The van der Waals surface area contributed by atoms with Crippen LogP contribution in [-0.2, 0) is 11.3 Å². The van der Waals surface area contributed by atoms with E-state index in [0.29, 0.717) is 19.0 Å².